The van der Waals surface area contributed by atoms with Crippen LogP contribution in [0.15, 0.2) is 53.5 Å². The Morgan fingerprint density at radius 2 is 1.75 bits per heavy atom. The van der Waals surface area contributed by atoms with Gasteiger partial charge in [0.05, 0.1) is 12.8 Å². The maximum atomic E-state index is 11.8. The van der Waals surface area contributed by atoms with Crippen molar-refractivity contribution in [2.45, 2.75) is 26.4 Å². The fourth-order valence-electron chi connectivity index (χ4n) is 3.70. The fourth-order valence-corrected chi connectivity index (χ4v) is 3.70. The maximum Gasteiger partial charge on any atom is 0.319 e. The van der Waals surface area contributed by atoms with Gasteiger partial charge in [-0.05, 0) is 43.7 Å². The summed E-state index contributed by atoms with van der Waals surface area (Å²) in [5.74, 6) is 1.80. The van der Waals surface area contributed by atoms with Crippen molar-refractivity contribution in [1.29, 1.82) is 0 Å². The number of hydrogen-bond donors (Lipinski definition) is 3. The molecule has 2 aromatic carbocycles. The largest absolute Gasteiger partial charge is 0.495 e. The van der Waals surface area contributed by atoms with Crippen LogP contribution in [0.25, 0.3) is 0 Å². The monoisotopic (exact) mass is 438 g/mol. The quantitative estimate of drug-likeness (QED) is 0.477. The molecule has 1 aliphatic heterocycles. The molecular weight excluding hydrogens is 404 g/mol. The number of amides is 2. The lowest BCUT2D eigenvalue weighted by Gasteiger charge is -2.38. The van der Waals surface area contributed by atoms with Crippen molar-refractivity contribution in [3.63, 3.8) is 0 Å². The summed E-state index contributed by atoms with van der Waals surface area (Å²) in [5.41, 5.74) is 3.02. The molecule has 32 heavy (non-hydrogen) atoms. The SMILES string of the molecule is CN=C(NCc1ccc(NC(=O)NC(C)C)cc1)N1CCN(c2ccccc2OC)CC1. The van der Waals surface area contributed by atoms with E-state index in [2.05, 4.69) is 36.8 Å². The van der Waals surface area contributed by atoms with Crippen LogP contribution >= 0.6 is 0 Å². The topological polar surface area (TPSA) is 81.2 Å². The Labute approximate surface area is 190 Å². The number of nitrogens with zero attached hydrogens (tertiary/aromatic N) is 3. The van der Waals surface area contributed by atoms with E-state index in [1.54, 1.807) is 7.11 Å². The number of guanidine groups is 1. The van der Waals surface area contributed by atoms with Gasteiger partial charge in [0.15, 0.2) is 5.96 Å². The smallest absolute Gasteiger partial charge is 0.319 e. The molecule has 0 atom stereocenters. The average molecular weight is 439 g/mol. The lowest BCUT2D eigenvalue weighted by atomic mass is 10.2. The van der Waals surface area contributed by atoms with Gasteiger partial charge in [0.2, 0.25) is 0 Å². The Bertz CT molecular complexity index is 905. The number of nitrogens with one attached hydrogen (secondary N) is 3. The summed E-state index contributed by atoms with van der Waals surface area (Å²) in [5, 5.41) is 9.11. The molecule has 0 bridgehead atoms. The Balaban J connectivity index is 1.49. The first kappa shape index (κ1) is 23.2. The van der Waals surface area contributed by atoms with E-state index < -0.39 is 0 Å². The van der Waals surface area contributed by atoms with Crippen LogP contribution in [-0.4, -0.2) is 63.3 Å². The lowest BCUT2D eigenvalue weighted by molar-refractivity contribution is 0.250. The van der Waals surface area contributed by atoms with E-state index in [4.69, 9.17) is 4.74 Å². The molecule has 1 aliphatic rings. The molecule has 3 N–H and O–H groups in total. The highest BCUT2D eigenvalue weighted by Gasteiger charge is 2.21. The van der Waals surface area contributed by atoms with Crippen molar-refractivity contribution < 1.29 is 9.53 Å². The molecule has 3 rings (SSSR count). The maximum absolute atomic E-state index is 11.8. The summed E-state index contributed by atoms with van der Waals surface area (Å²) in [4.78, 5) is 20.9. The fraction of sp³-hybridized carbons (Fsp3) is 0.417. The summed E-state index contributed by atoms with van der Waals surface area (Å²) >= 11 is 0. The molecule has 1 heterocycles. The predicted octanol–water partition coefficient (Wildman–Crippen LogP) is 3.12. The first-order valence-corrected chi connectivity index (χ1v) is 11.0. The number of carbonyl (C=O) groups is 1. The first-order valence-electron chi connectivity index (χ1n) is 11.0. The summed E-state index contributed by atoms with van der Waals surface area (Å²) in [6.45, 7) is 8.09. The number of aliphatic imine (C=N–C) groups is 1. The third-order valence-electron chi connectivity index (χ3n) is 5.30. The van der Waals surface area contributed by atoms with Crippen LogP contribution in [0.2, 0.25) is 0 Å². The van der Waals surface area contributed by atoms with Crippen LogP contribution < -0.4 is 25.6 Å². The van der Waals surface area contributed by atoms with Crippen molar-refractivity contribution >= 4 is 23.4 Å². The van der Waals surface area contributed by atoms with Crippen LogP contribution in [-0.2, 0) is 6.54 Å². The van der Waals surface area contributed by atoms with Gasteiger partial charge in [-0.3, -0.25) is 4.99 Å². The van der Waals surface area contributed by atoms with Crippen LogP contribution in [0.4, 0.5) is 16.2 Å². The highest BCUT2D eigenvalue weighted by atomic mass is 16.5. The first-order chi connectivity index (χ1) is 15.5. The Morgan fingerprint density at radius 3 is 2.38 bits per heavy atom. The number of rotatable bonds is 6. The third kappa shape index (κ3) is 6.29. The van der Waals surface area contributed by atoms with Crippen LogP contribution in [0.1, 0.15) is 19.4 Å². The Hall–Kier alpha value is -3.42. The van der Waals surface area contributed by atoms with E-state index in [-0.39, 0.29) is 12.1 Å². The zero-order valence-electron chi connectivity index (χ0n) is 19.4. The average Bonchev–Trinajstić information content (AvgIpc) is 2.80. The van der Waals surface area contributed by atoms with Crippen molar-refractivity contribution in [3.05, 3.63) is 54.1 Å². The molecule has 2 amide bonds. The van der Waals surface area contributed by atoms with Crippen molar-refractivity contribution in [3.8, 4) is 5.75 Å². The van der Waals surface area contributed by atoms with Gasteiger partial charge in [-0.15, -0.1) is 0 Å². The Morgan fingerprint density at radius 1 is 1.06 bits per heavy atom. The second kappa shape index (κ2) is 11.3. The van der Waals surface area contributed by atoms with E-state index in [0.717, 1.165) is 54.8 Å². The zero-order valence-corrected chi connectivity index (χ0v) is 19.4. The van der Waals surface area contributed by atoms with Gasteiger partial charge in [-0.1, -0.05) is 24.3 Å². The minimum Gasteiger partial charge on any atom is -0.495 e. The molecule has 0 spiro atoms. The molecule has 0 aliphatic carbocycles. The molecule has 0 saturated carbocycles. The lowest BCUT2D eigenvalue weighted by Crippen LogP contribution is -2.52. The second-order valence-electron chi connectivity index (χ2n) is 8.00. The molecule has 8 heteroatoms. The highest BCUT2D eigenvalue weighted by Crippen LogP contribution is 2.28. The van der Waals surface area contributed by atoms with Crippen LogP contribution in [0.3, 0.4) is 0 Å². The third-order valence-corrected chi connectivity index (χ3v) is 5.30. The van der Waals surface area contributed by atoms with Gasteiger partial charge < -0.3 is 30.5 Å². The van der Waals surface area contributed by atoms with Gasteiger partial charge in [0.25, 0.3) is 0 Å². The van der Waals surface area contributed by atoms with Gasteiger partial charge in [-0.25, -0.2) is 4.79 Å². The molecule has 172 valence electrons. The molecule has 0 radical (unpaired) electrons. The molecule has 0 unspecified atom stereocenters. The molecule has 1 saturated heterocycles. The Kier molecular flexibility index (Phi) is 8.19. The van der Waals surface area contributed by atoms with E-state index in [9.17, 15) is 4.79 Å². The van der Waals surface area contributed by atoms with E-state index in [1.807, 2.05) is 63.4 Å². The zero-order chi connectivity index (χ0) is 22.9. The number of anilines is 2. The van der Waals surface area contributed by atoms with Crippen molar-refractivity contribution in [1.82, 2.24) is 15.5 Å². The van der Waals surface area contributed by atoms with Gasteiger partial charge in [0.1, 0.15) is 5.75 Å². The highest BCUT2D eigenvalue weighted by molar-refractivity contribution is 5.89. The summed E-state index contributed by atoms with van der Waals surface area (Å²) in [7, 11) is 3.53. The number of hydrogen-bond acceptors (Lipinski definition) is 4. The summed E-state index contributed by atoms with van der Waals surface area (Å²) < 4.78 is 5.51. The summed E-state index contributed by atoms with van der Waals surface area (Å²) in [6, 6.07) is 15.9. The minimum absolute atomic E-state index is 0.0989. The number of para-hydroxylation sites is 2. The molecule has 8 nitrogen and oxygen atoms in total. The number of piperazine rings is 1. The minimum atomic E-state index is -0.196. The number of benzene rings is 2. The predicted molar refractivity (Wildman–Crippen MR) is 131 cm³/mol. The standard InChI is InChI=1S/C24H34N6O2/c1-18(2)27-24(31)28-20-11-9-19(10-12-20)17-26-23(25-3)30-15-13-29(14-16-30)21-7-5-6-8-22(21)32-4/h5-12,18H,13-17H2,1-4H3,(H,25,26)(H2,27,28,31). The number of carbonyl (C=O) groups excluding carboxylic acids is 1. The number of urea groups is 1. The van der Waals surface area contributed by atoms with Crippen LogP contribution in [0, 0.1) is 0 Å². The molecule has 1 fully saturated rings. The van der Waals surface area contributed by atoms with E-state index in [1.165, 1.54) is 0 Å². The van der Waals surface area contributed by atoms with Gasteiger partial charge >= 0.3 is 6.03 Å². The van der Waals surface area contributed by atoms with Gasteiger partial charge in [-0.2, -0.15) is 0 Å². The molecule has 2 aromatic rings. The second-order valence-corrected chi connectivity index (χ2v) is 8.00. The van der Waals surface area contributed by atoms with Gasteiger partial charge in [0, 0.05) is 51.5 Å². The van der Waals surface area contributed by atoms with E-state index >= 15 is 0 Å². The normalized spacial score (nSPS) is 14.3. The summed E-state index contributed by atoms with van der Waals surface area (Å²) in [6.07, 6.45) is 0. The molecule has 0 aromatic heterocycles. The number of methoxy groups -OCH3 is 1. The van der Waals surface area contributed by atoms with Crippen molar-refractivity contribution in [2.24, 2.45) is 4.99 Å². The van der Waals surface area contributed by atoms with Crippen LogP contribution in [0.5, 0.6) is 5.75 Å². The molecular formula is C24H34N6O2. The number of ether oxygens (including phenoxy) is 1. The van der Waals surface area contributed by atoms with E-state index in [0.29, 0.717) is 6.54 Å². The van der Waals surface area contributed by atoms with Crippen molar-refractivity contribution in [2.75, 3.05) is 50.6 Å².